The molecule has 0 aliphatic rings. The maximum atomic E-state index is 3.63. The molecule has 0 radical (unpaired) electrons. The summed E-state index contributed by atoms with van der Waals surface area (Å²) in [4.78, 5) is 0. The second-order valence-corrected chi connectivity index (χ2v) is 1.97. The summed E-state index contributed by atoms with van der Waals surface area (Å²) < 4.78 is 3.85. The molecule has 0 aliphatic carbocycles. The van der Waals surface area contributed by atoms with Gasteiger partial charge in [0.25, 0.3) is 6.33 Å². The largest absolute Gasteiger partial charge is 0.253 e. The Morgan fingerprint density at radius 1 is 1.60 bits per heavy atom. The highest BCUT2D eigenvalue weighted by Gasteiger charge is 1.93. The highest BCUT2D eigenvalue weighted by Crippen LogP contribution is 1.82. The van der Waals surface area contributed by atoms with E-state index < -0.39 is 0 Å². The second kappa shape index (κ2) is 3.01. The van der Waals surface area contributed by atoms with E-state index in [9.17, 15) is 0 Å². The van der Waals surface area contributed by atoms with Crippen LogP contribution in [0.3, 0.4) is 0 Å². The van der Waals surface area contributed by atoms with E-state index in [0.29, 0.717) is 0 Å². The van der Waals surface area contributed by atoms with E-state index in [1.54, 1.807) is 6.20 Å². The fourth-order valence-electron chi connectivity index (χ4n) is 0.753. The maximum absolute atomic E-state index is 3.63. The van der Waals surface area contributed by atoms with Crippen LogP contribution in [0.1, 0.15) is 6.92 Å². The van der Waals surface area contributed by atoms with E-state index in [4.69, 9.17) is 0 Å². The van der Waals surface area contributed by atoms with E-state index in [1.807, 2.05) is 47.1 Å². The van der Waals surface area contributed by atoms with E-state index >= 15 is 0 Å². The molecule has 1 aromatic rings. The summed E-state index contributed by atoms with van der Waals surface area (Å²) in [5.74, 6) is 0. The highest BCUT2D eigenvalue weighted by molar-refractivity contribution is 5.14. The number of nitrogens with zero attached hydrogens (tertiary/aromatic N) is 2. The minimum absolute atomic E-state index is 1.75. The Balaban J connectivity index is 2.87. The molecule has 2 heteroatoms. The lowest BCUT2D eigenvalue weighted by Gasteiger charge is -1.78. The average Bonchev–Trinajstić information content (AvgIpc) is 2.37. The Morgan fingerprint density at radius 3 is 2.90 bits per heavy atom. The molecule has 0 fully saturated rings. The van der Waals surface area contributed by atoms with Crippen LogP contribution in [0, 0.1) is 0 Å². The molecule has 0 saturated carbocycles. The van der Waals surface area contributed by atoms with Gasteiger partial charge in [-0.05, 0) is 13.0 Å². The zero-order chi connectivity index (χ0) is 7.40. The molecule has 0 spiro atoms. The second-order valence-electron chi connectivity index (χ2n) is 1.97. The van der Waals surface area contributed by atoms with Gasteiger partial charge < -0.3 is 0 Å². The number of rotatable bonds is 2. The number of hydrogen-bond acceptors (Lipinski definition) is 0. The van der Waals surface area contributed by atoms with Gasteiger partial charge in [0.15, 0.2) is 0 Å². The van der Waals surface area contributed by atoms with E-state index in [0.717, 1.165) is 0 Å². The number of hydrogen-bond donors (Lipinski definition) is 0. The SMILES string of the molecule is C=Cn1cc[n+](C=CC)c1. The zero-order valence-corrected chi connectivity index (χ0v) is 6.07. The highest BCUT2D eigenvalue weighted by atomic mass is 15.1. The third kappa shape index (κ3) is 1.35. The molecule has 0 bridgehead atoms. The van der Waals surface area contributed by atoms with Crippen molar-refractivity contribution in [3.05, 3.63) is 31.4 Å². The van der Waals surface area contributed by atoms with Crippen LogP contribution in [0.5, 0.6) is 0 Å². The molecule has 0 saturated heterocycles. The normalized spacial score (nSPS) is 10.5. The fraction of sp³-hybridized carbons (Fsp3) is 0.125. The predicted molar refractivity (Wildman–Crippen MR) is 42.0 cm³/mol. The van der Waals surface area contributed by atoms with Crippen LogP contribution in [0.4, 0.5) is 0 Å². The molecule has 0 N–H and O–H groups in total. The van der Waals surface area contributed by atoms with Crippen LogP contribution < -0.4 is 4.57 Å². The minimum atomic E-state index is 1.75. The summed E-state index contributed by atoms with van der Waals surface area (Å²) in [5.41, 5.74) is 0. The van der Waals surface area contributed by atoms with Crippen molar-refractivity contribution >= 4 is 12.4 Å². The van der Waals surface area contributed by atoms with Crippen molar-refractivity contribution in [3.8, 4) is 0 Å². The van der Waals surface area contributed by atoms with Crippen molar-refractivity contribution in [1.82, 2.24) is 4.57 Å². The van der Waals surface area contributed by atoms with E-state index in [-0.39, 0.29) is 0 Å². The summed E-state index contributed by atoms with van der Waals surface area (Å²) in [6.07, 6.45) is 11.5. The third-order valence-electron chi connectivity index (χ3n) is 1.21. The van der Waals surface area contributed by atoms with Crippen molar-refractivity contribution in [2.45, 2.75) is 6.92 Å². The lowest BCUT2D eigenvalue weighted by molar-refractivity contribution is -0.567. The van der Waals surface area contributed by atoms with E-state index in [2.05, 4.69) is 6.58 Å². The van der Waals surface area contributed by atoms with Crippen LogP contribution in [-0.4, -0.2) is 4.57 Å². The molecule has 0 aromatic carbocycles. The monoisotopic (exact) mass is 135 g/mol. The number of imidazole rings is 1. The first kappa shape index (κ1) is 6.81. The van der Waals surface area contributed by atoms with Crippen LogP contribution >= 0.6 is 0 Å². The topological polar surface area (TPSA) is 8.81 Å². The standard InChI is InChI=1S/C8H11N2/c1-3-5-10-7-6-9(4-2)8-10/h3-8H,2H2,1H3/q+1. The van der Waals surface area contributed by atoms with Gasteiger partial charge in [-0.1, -0.05) is 6.58 Å². The molecule has 10 heavy (non-hydrogen) atoms. The Bertz CT molecular complexity index is 246. The van der Waals surface area contributed by atoms with Crippen molar-refractivity contribution in [2.75, 3.05) is 0 Å². The summed E-state index contributed by atoms with van der Waals surface area (Å²) in [5, 5.41) is 0. The van der Waals surface area contributed by atoms with Gasteiger partial charge in [0, 0.05) is 0 Å². The number of aromatic nitrogens is 2. The van der Waals surface area contributed by atoms with Gasteiger partial charge in [0.05, 0.1) is 12.4 Å². The summed E-state index contributed by atoms with van der Waals surface area (Å²) in [6, 6.07) is 0. The Morgan fingerprint density at radius 2 is 2.40 bits per heavy atom. The predicted octanol–water partition coefficient (Wildman–Crippen LogP) is 1.37. The molecule has 0 atom stereocenters. The van der Waals surface area contributed by atoms with Crippen molar-refractivity contribution in [2.24, 2.45) is 0 Å². The Labute approximate surface area is 60.7 Å². The Hall–Kier alpha value is -1.31. The minimum Gasteiger partial charge on any atom is -0.210 e. The summed E-state index contributed by atoms with van der Waals surface area (Å²) in [7, 11) is 0. The molecule has 0 amide bonds. The van der Waals surface area contributed by atoms with Gasteiger partial charge in [0.1, 0.15) is 12.4 Å². The Kier molecular flexibility index (Phi) is 2.05. The van der Waals surface area contributed by atoms with Crippen molar-refractivity contribution in [1.29, 1.82) is 0 Å². The smallest absolute Gasteiger partial charge is 0.210 e. The van der Waals surface area contributed by atoms with E-state index in [1.165, 1.54) is 0 Å². The van der Waals surface area contributed by atoms with Crippen molar-refractivity contribution < 1.29 is 4.57 Å². The van der Waals surface area contributed by atoms with Crippen molar-refractivity contribution in [3.63, 3.8) is 0 Å². The molecule has 0 unspecified atom stereocenters. The summed E-state index contributed by atoms with van der Waals surface area (Å²) in [6.45, 7) is 5.61. The third-order valence-corrected chi connectivity index (χ3v) is 1.21. The molecule has 1 heterocycles. The van der Waals surface area contributed by atoms with Crippen LogP contribution in [0.25, 0.3) is 12.4 Å². The van der Waals surface area contributed by atoms with Gasteiger partial charge in [-0.2, -0.15) is 0 Å². The van der Waals surface area contributed by atoms with Gasteiger partial charge in [0.2, 0.25) is 0 Å². The first-order valence-electron chi connectivity index (χ1n) is 3.20. The van der Waals surface area contributed by atoms with Gasteiger partial charge in [-0.15, -0.1) is 0 Å². The zero-order valence-electron chi connectivity index (χ0n) is 6.07. The fourth-order valence-corrected chi connectivity index (χ4v) is 0.753. The number of allylic oxidation sites excluding steroid dienone is 1. The lowest BCUT2D eigenvalue weighted by Crippen LogP contribution is -2.21. The van der Waals surface area contributed by atoms with Crippen LogP contribution in [-0.2, 0) is 0 Å². The van der Waals surface area contributed by atoms with Gasteiger partial charge in [-0.25, -0.2) is 9.13 Å². The average molecular weight is 135 g/mol. The molecule has 0 aliphatic heterocycles. The first-order chi connectivity index (χ1) is 4.86. The molecular formula is C8H11N2+. The maximum Gasteiger partial charge on any atom is 0.253 e. The molecule has 1 aromatic heterocycles. The molecular weight excluding hydrogens is 124 g/mol. The van der Waals surface area contributed by atoms with Crippen LogP contribution in [0.15, 0.2) is 31.4 Å². The molecule has 1 rings (SSSR count). The summed E-state index contributed by atoms with van der Waals surface area (Å²) >= 11 is 0. The molecule has 52 valence electrons. The first-order valence-corrected chi connectivity index (χ1v) is 3.20. The van der Waals surface area contributed by atoms with Crippen LogP contribution in [0.2, 0.25) is 0 Å². The van der Waals surface area contributed by atoms with Gasteiger partial charge >= 0.3 is 0 Å². The molecule has 2 nitrogen and oxygen atoms in total. The quantitative estimate of drug-likeness (QED) is 0.541. The lowest BCUT2D eigenvalue weighted by atomic mass is 10.7. The van der Waals surface area contributed by atoms with Gasteiger partial charge in [-0.3, -0.25) is 0 Å².